The number of rotatable bonds is 4. The number of nitrogens with zero attached hydrogens (tertiary/aromatic N) is 5. The Bertz CT molecular complexity index is 1120. The summed E-state index contributed by atoms with van der Waals surface area (Å²) in [6, 6.07) is 6.58. The first kappa shape index (κ1) is 21.1. The minimum atomic E-state index is -0.898. The van der Waals surface area contributed by atoms with E-state index in [4.69, 9.17) is 9.47 Å². The summed E-state index contributed by atoms with van der Waals surface area (Å²) in [5.41, 5.74) is 3.03. The van der Waals surface area contributed by atoms with Crippen LogP contribution in [-0.2, 0) is 4.74 Å². The number of benzene rings is 1. The number of halogens is 1. The number of ether oxygens (including phenoxy) is 2. The number of aryl methyl sites for hydroxylation is 1. The summed E-state index contributed by atoms with van der Waals surface area (Å²) in [4.78, 5) is 11.3. The van der Waals surface area contributed by atoms with Crippen LogP contribution in [0.1, 0.15) is 30.4 Å². The third-order valence-electron chi connectivity index (χ3n) is 6.50. The molecule has 5 rings (SSSR count). The Morgan fingerprint density at radius 3 is 2.84 bits per heavy atom. The van der Waals surface area contributed by atoms with E-state index in [1.807, 2.05) is 19.2 Å². The van der Waals surface area contributed by atoms with Crippen molar-refractivity contribution in [1.29, 1.82) is 0 Å². The van der Waals surface area contributed by atoms with Gasteiger partial charge in [-0.2, -0.15) is 15.1 Å². The van der Waals surface area contributed by atoms with Gasteiger partial charge in [-0.05, 0) is 50.1 Å². The largest absolute Gasteiger partial charge is 0.467 e. The Hall–Kier alpha value is -2.78. The van der Waals surface area contributed by atoms with Crippen LogP contribution in [0.25, 0.3) is 16.7 Å². The molecule has 32 heavy (non-hydrogen) atoms. The summed E-state index contributed by atoms with van der Waals surface area (Å²) < 4.78 is 27.5. The fourth-order valence-electron chi connectivity index (χ4n) is 4.77. The maximum Gasteiger partial charge on any atom is 0.320 e. The second-order valence-electron chi connectivity index (χ2n) is 8.63. The van der Waals surface area contributed by atoms with Crippen LogP contribution in [0, 0.1) is 6.92 Å². The first-order valence-electron chi connectivity index (χ1n) is 11.2. The average Bonchev–Trinajstić information content (AvgIpc) is 3.21. The van der Waals surface area contributed by atoms with Gasteiger partial charge in [0.05, 0.1) is 38.1 Å². The van der Waals surface area contributed by atoms with E-state index >= 15 is 0 Å². The average molecular weight is 441 g/mol. The molecule has 1 N–H and O–H groups in total. The van der Waals surface area contributed by atoms with E-state index in [9.17, 15) is 4.39 Å². The highest BCUT2D eigenvalue weighted by Crippen LogP contribution is 2.33. The Labute approximate surface area is 186 Å². The molecule has 0 unspecified atom stereocenters. The second kappa shape index (κ2) is 8.63. The van der Waals surface area contributed by atoms with Gasteiger partial charge in [0, 0.05) is 30.5 Å². The molecule has 4 heterocycles. The van der Waals surface area contributed by atoms with Crippen molar-refractivity contribution in [3.05, 3.63) is 35.5 Å². The summed E-state index contributed by atoms with van der Waals surface area (Å²) in [7, 11) is 1.56. The van der Waals surface area contributed by atoms with Crippen molar-refractivity contribution in [2.45, 2.75) is 38.4 Å². The fraction of sp³-hybridized carbons (Fsp3) is 0.522. The molecule has 0 saturated carbocycles. The first-order chi connectivity index (χ1) is 15.5. The third-order valence-corrected chi connectivity index (χ3v) is 6.50. The summed E-state index contributed by atoms with van der Waals surface area (Å²) >= 11 is 0. The smallest absolute Gasteiger partial charge is 0.320 e. The molecule has 1 aromatic carbocycles. The first-order valence-corrected chi connectivity index (χ1v) is 11.2. The number of methoxy groups -OCH3 is 1. The number of hydrogen-bond donors (Lipinski definition) is 1. The lowest BCUT2D eigenvalue weighted by atomic mass is 9.85. The molecule has 3 aromatic rings. The highest BCUT2D eigenvalue weighted by molar-refractivity contribution is 5.82. The maximum atomic E-state index is 14.7. The van der Waals surface area contributed by atoms with Crippen LogP contribution >= 0.6 is 0 Å². The third kappa shape index (κ3) is 3.80. The van der Waals surface area contributed by atoms with Gasteiger partial charge >= 0.3 is 6.01 Å². The highest BCUT2D eigenvalue weighted by atomic mass is 19.1. The van der Waals surface area contributed by atoms with Crippen LogP contribution in [-0.4, -0.2) is 71.9 Å². The molecule has 0 spiro atoms. The number of anilines is 1. The normalized spacial score (nSPS) is 24.1. The zero-order valence-corrected chi connectivity index (χ0v) is 18.7. The zero-order chi connectivity index (χ0) is 22.2. The van der Waals surface area contributed by atoms with Crippen molar-refractivity contribution < 1.29 is 13.9 Å². The molecule has 170 valence electrons. The van der Waals surface area contributed by atoms with E-state index < -0.39 is 6.17 Å². The molecular formula is C23H29FN6O2. The maximum absolute atomic E-state index is 14.7. The Balaban J connectivity index is 1.60. The molecule has 2 aliphatic rings. The lowest BCUT2D eigenvalue weighted by Crippen LogP contribution is -2.44. The lowest BCUT2D eigenvalue weighted by Gasteiger charge is -2.34. The van der Waals surface area contributed by atoms with Gasteiger partial charge in [-0.3, -0.25) is 0 Å². The standard InChI is InChI=1S/C23H29FN6O2/c1-14-8-16-11-26-30(20(16)9-18(14)17-4-5-25-12-19(17)24)22-10-21(27-23(28-22)31-3)29-6-7-32-13-15(29)2/h8-11,15,17,19,25H,4-7,12-13H2,1-3H3/t15-,17-,19-/m1/s1. The SMILES string of the molecule is COc1nc(N2CCOC[C@H]2C)cc(-n2ncc3cc(C)c([C@H]4CCNC[C@H]4F)cc32)n1. The molecule has 8 nitrogen and oxygen atoms in total. The van der Waals surface area contributed by atoms with Crippen LogP contribution in [0.15, 0.2) is 24.4 Å². The van der Waals surface area contributed by atoms with E-state index in [0.717, 1.165) is 47.4 Å². The van der Waals surface area contributed by atoms with Gasteiger partial charge in [-0.15, -0.1) is 0 Å². The minimum Gasteiger partial charge on any atom is -0.467 e. The van der Waals surface area contributed by atoms with Crippen LogP contribution in [0.3, 0.4) is 0 Å². The number of alkyl halides is 1. The van der Waals surface area contributed by atoms with Crippen LogP contribution in [0.4, 0.5) is 10.2 Å². The number of fused-ring (bicyclic) bond motifs is 1. The zero-order valence-electron chi connectivity index (χ0n) is 18.7. The van der Waals surface area contributed by atoms with Gasteiger partial charge in [-0.25, -0.2) is 9.07 Å². The molecule has 2 saturated heterocycles. The quantitative estimate of drug-likeness (QED) is 0.668. The van der Waals surface area contributed by atoms with Crippen molar-refractivity contribution in [3.8, 4) is 11.8 Å². The number of hydrogen-bond acceptors (Lipinski definition) is 7. The molecule has 0 radical (unpaired) electrons. The fourth-order valence-corrected chi connectivity index (χ4v) is 4.77. The molecule has 2 aromatic heterocycles. The highest BCUT2D eigenvalue weighted by Gasteiger charge is 2.28. The molecule has 9 heteroatoms. The summed E-state index contributed by atoms with van der Waals surface area (Å²) in [5.74, 6) is 1.28. The monoisotopic (exact) mass is 440 g/mol. The summed E-state index contributed by atoms with van der Waals surface area (Å²) in [5, 5.41) is 8.75. The number of piperidine rings is 1. The molecule has 0 bridgehead atoms. The van der Waals surface area contributed by atoms with E-state index in [1.165, 1.54) is 0 Å². The second-order valence-corrected chi connectivity index (χ2v) is 8.63. The van der Waals surface area contributed by atoms with E-state index in [0.29, 0.717) is 25.6 Å². The minimum absolute atomic E-state index is 0.117. The van der Waals surface area contributed by atoms with E-state index in [-0.39, 0.29) is 18.0 Å². The van der Waals surface area contributed by atoms with Crippen LogP contribution in [0.5, 0.6) is 6.01 Å². The predicted octanol–water partition coefficient (Wildman–Crippen LogP) is 2.77. The number of aromatic nitrogens is 4. The summed E-state index contributed by atoms with van der Waals surface area (Å²) in [6.45, 7) is 7.43. The van der Waals surface area contributed by atoms with Gasteiger partial charge in [0.25, 0.3) is 0 Å². The van der Waals surface area contributed by atoms with E-state index in [2.05, 4.69) is 44.3 Å². The lowest BCUT2D eigenvalue weighted by molar-refractivity contribution is 0.0984. The van der Waals surface area contributed by atoms with Crippen molar-refractivity contribution in [1.82, 2.24) is 25.1 Å². The van der Waals surface area contributed by atoms with Crippen molar-refractivity contribution in [3.63, 3.8) is 0 Å². The van der Waals surface area contributed by atoms with Gasteiger partial charge in [0.1, 0.15) is 12.0 Å². The molecule has 2 aliphatic heterocycles. The molecule has 0 aliphatic carbocycles. The molecule has 2 fully saturated rings. The van der Waals surface area contributed by atoms with Gasteiger partial charge in [0.15, 0.2) is 5.82 Å². The van der Waals surface area contributed by atoms with Crippen molar-refractivity contribution >= 4 is 16.7 Å². The molecular weight excluding hydrogens is 411 g/mol. The van der Waals surface area contributed by atoms with Crippen molar-refractivity contribution in [2.75, 3.05) is 44.9 Å². The summed E-state index contributed by atoms with van der Waals surface area (Å²) in [6.07, 6.45) is 1.71. The molecule has 3 atom stereocenters. The van der Waals surface area contributed by atoms with Gasteiger partial charge in [-0.1, -0.05) is 0 Å². The Morgan fingerprint density at radius 1 is 1.22 bits per heavy atom. The van der Waals surface area contributed by atoms with Gasteiger partial charge < -0.3 is 19.7 Å². The Morgan fingerprint density at radius 2 is 2.06 bits per heavy atom. The topological polar surface area (TPSA) is 77.3 Å². The van der Waals surface area contributed by atoms with E-state index in [1.54, 1.807) is 11.8 Å². The van der Waals surface area contributed by atoms with Crippen molar-refractivity contribution in [2.24, 2.45) is 0 Å². The predicted molar refractivity (Wildman–Crippen MR) is 121 cm³/mol. The number of morpholine rings is 1. The molecule has 0 amide bonds. The number of nitrogens with one attached hydrogen (secondary N) is 1. The van der Waals surface area contributed by atoms with Crippen LogP contribution in [0.2, 0.25) is 0 Å². The van der Waals surface area contributed by atoms with Gasteiger partial charge in [0.2, 0.25) is 0 Å². The van der Waals surface area contributed by atoms with Crippen LogP contribution < -0.4 is 15.0 Å². The Kier molecular flexibility index (Phi) is 5.69.